The largest absolute Gasteiger partial charge is 0.396 e. The standard InChI is InChI=1S/C19H24N2O2/c1-21(15-16-9-4-2-5-10-16)19(23)20-18(13-8-14-22)17-11-6-3-7-12-17/h2-7,9-12,18,22H,8,13-15H2,1H3,(H,20,23). The zero-order valence-electron chi connectivity index (χ0n) is 13.5. The van der Waals surface area contributed by atoms with Gasteiger partial charge in [0.2, 0.25) is 0 Å². The van der Waals surface area contributed by atoms with Crippen molar-refractivity contribution < 1.29 is 9.90 Å². The SMILES string of the molecule is CN(Cc1ccccc1)C(=O)NC(CCCO)c1ccccc1. The molecule has 23 heavy (non-hydrogen) atoms. The predicted molar refractivity (Wildman–Crippen MR) is 91.9 cm³/mol. The lowest BCUT2D eigenvalue weighted by Crippen LogP contribution is -2.39. The van der Waals surface area contributed by atoms with Crippen LogP contribution < -0.4 is 5.32 Å². The van der Waals surface area contributed by atoms with Crippen molar-refractivity contribution in [3.8, 4) is 0 Å². The van der Waals surface area contributed by atoms with Crippen molar-refractivity contribution in [1.29, 1.82) is 0 Å². The fraction of sp³-hybridized carbons (Fsp3) is 0.316. The molecule has 2 aromatic rings. The third-order valence-electron chi connectivity index (χ3n) is 3.76. The number of carbonyl (C=O) groups excluding carboxylic acids is 1. The molecule has 2 rings (SSSR count). The molecule has 0 saturated carbocycles. The highest BCUT2D eigenvalue weighted by Crippen LogP contribution is 2.18. The first kappa shape index (κ1) is 17.0. The Labute approximate surface area is 137 Å². The van der Waals surface area contributed by atoms with Crippen LogP contribution in [0.3, 0.4) is 0 Å². The topological polar surface area (TPSA) is 52.6 Å². The Hall–Kier alpha value is -2.33. The highest BCUT2D eigenvalue weighted by molar-refractivity contribution is 5.74. The summed E-state index contributed by atoms with van der Waals surface area (Å²) in [7, 11) is 1.79. The molecule has 1 atom stereocenters. The van der Waals surface area contributed by atoms with Gasteiger partial charge in [0.25, 0.3) is 0 Å². The van der Waals surface area contributed by atoms with E-state index >= 15 is 0 Å². The molecule has 2 aromatic carbocycles. The first-order valence-corrected chi connectivity index (χ1v) is 7.92. The molecule has 4 heteroatoms. The van der Waals surface area contributed by atoms with Crippen molar-refractivity contribution in [2.45, 2.75) is 25.4 Å². The van der Waals surface area contributed by atoms with Crippen LogP contribution in [-0.2, 0) is 6.54 Å². The number of hydrogen-bond acceptors (Lipinski definition) is 2. The van der Waals surface area contributed by atoms with Gasteiger partial charge in [-0.1, -0.05) is 60.7 Å². The second-order valence-electron chi connectivity index (χ2n) is 5.62. The summed E-state index contributed by atoms with van der Waals surface area (Å²) in [5.74, 6) is 0. The average Bonchev–Trinajstić information content (AvgIpc) is 2.60. The molecule has 0 heterocycles. The minimum atomic E-state index is -0.111. The Balaban J connectivity index is 1.99. The summed E-state index contributed by atoms with van der Waals surface area (Å²) in [6.07, 6.45) is 1.37. The Kier molecular flexibility index (Phi) is 6.63. The molecule has 0 aromatic heterocycles. The summed E-state index contributed by atoms with van der Waals surface area (Å²) in [5, 5.41) is 12.1. The number of urea groups is 1. The summed E-state index contributed by atoms with van der Waals surface area (Å²) in [6.45, 7) is 0.688. The van der Waals surface area contributed by atoms with Crippen LogP contribution in [0, 0.1) is 0 Å². The number of nitrogens with zero attached hydrogens (tertiary/aromatic N) is 1. The van der Waals surface area contributed by atoms with Gasteiger partial charge >= 0.3 is 6.03 Å². The lowest BCUT2D eigenvalue weighted by Gasteiger charge is -2.24. The molecule has 2 N–H and O–H groups in total. The van der Waals surface area contributed by atoms with E-state index in [0.717, 1.165) is 11.1 Å². The second kappa shape index (κ2) is 8.96. The molecule has 0 radical (unpaired) electrons. The van der Waals surface area contributed by atoms with Gasteiger partial charge in [0.1, 0.15) is 0 Å². The van der Waals surface area contributed by atoms with E-state index in [1.807, 2.05) is 60.7 Å². The van der Waals surface area contributed by atoms with Crippen molar-refractivity contribution in [1.82, 2.24) is 10.2 Å². The van der Waals surface area contributed by atoms with Crippen LogP contribution in [0.25, 0.3) is 0 Å². The third-order valence-corrected chi connectivity index (χ3v) is 3.76. The molecule has 0 aliphatic rings. The number of rotatable bonds is 7. The van der Waals surface area contributed by atoms with Crippen LogP contribution in [0.2, 0.25) is 0 Å². The zero-order valence-corrected chi connectivity index (χ0v) is 13.5. The van der Waals surface area contributed by atoms with Crippen molar-refractivity contribution in [3.05, 3.63) is 71.8 Å². The minimum Gasteiger partial charge on any atom is -0.396 e. The van der Waals surface area contributed by atoms with Crippen LogP contribution in [0.5, 0.6) is 0 Å². The average molecular weight is 312 g/mol. The van der Waals surface area contributed by atoms with Crippen LogP contribution >= 0.6 is 0 Å². The fourth-order valence-electron chi connectivity index (χ4n) is 2.49. The second-order valence-corrected chi connectivity index (χ2v) is 5.62. The van der Waals surface area contributed by atoms with E-state index in [9.17, 15) is 4.79 Å². The lowest BCUT2D eigenvalue weighted by molar-refractivity contribution is 0.200. The van der Waals surface area contributed by atoms with Crippen LogP contribution in [0.1, 0.15) is 30.0 Å². The number of aliphatic hydroxyl groups excluding tert-OH is 1. The molecular weight excluding hydrogens is 288 g/mol. The number of hydrogen-bond donors (Lipinski definition) is 2. The highest BCUT2D eigenvalue weighted by atomic mass is 16.3. The highest BCUT2D eigenvalue weighted by Gasteiger charge is 2.16. The smallest absolute Gasteiger partial charge is 0.317 e. The van der Waals surface area contributed by atoms with Crippen LogP contribution in [0.4, 0.5) is 4.79 Å². The van der Waals surface area contributed by atoms with Gasteiger partial charge in [-0.15, -0.1) is 0 Å². The molecule has 0 aliphatic carbocycles. The van der Waals surface area contributed by atoms with E-state index in [1.165, 1.54) is 0 Å². The first-order valence-electron chi connectivity index (χ1n) is 7.92. The van der Waals surface area contributed by atoms with Crippen LogP contribution in [0.15, 0.2) is 60.7 Å². The third kappa shape index (κ3) is 5.42. The summed E-state index contributed by atoms with van der Waals surface area (Å²) in [4.78, 5) is 14.1. The van der Waals surface area contributed by atoms with Crippen molar-refractivity contribution in [2.24, 2.45) is 0 Å². The molecular formula is C19H24N2O2. The number of amides is 2. The number of aliphatic hydroxyl groups is 1. The zero-order chi connectivity index (χ0) is 16.5. The predicted octanol–water partition coefficient (Wildman–Crippen LogP) is 3.34. The normalized spacial score (nSPS) is 11.7. The maximum Gasteiger partial charge on any atom is 0.317 e. The maximum atomic E-state index is 12.4. The van der Waals surface area contributed by atoms with Gasteiger partial charge in [-0.05, 0) is 24.0 Å². The molecule has 2 amide bonds. The quantitative estimate of drug-likeness (QED) is 0.824. The molecule has 0 fully saturated rings. The van der Waals surface area contributed by atoms with Gasteiger partial charge in [-0.25, -0.2) is 4.79 Å². The number of nitrogens with one attached hydrogen (secondary N) is 1. The minimum absolute atomic E-state index is 0.0888. The lowest BCUT2D eigenvalue weighted by atomic mass is 10.0. The van der Waals surface area contributed by atoms with Crippen molar-refractivity contribution in [2.75, 3.05) is 13.7 Å². The summed E-state index contributed by atoms with van der Waals surface area (Å²) < 4.78 is 0. The van der Waals surface area contributed by atoms with E-state index < -0.39 is 0 Å². The van der Waals surface area contributed by atoms with Gasteiger partial charge in [-0.3, -0.25) is 0 Å². The van der Waals surface area contributed by atoms with Gasteiger partial charge < -0.3 is 15.3 Å². The monoisotopic (exact) mass is 312 g/mol. The van der Waals surface area contributed by atoms with Gasteiger partial charge in [0, 0.05) is 20.2 Å². The molecule has 0 saturated heterocycles. The maximum absolute atomic E-state index is 12.4. The van der Waals surface area contributed by atoms with E-state index in [2.05, 4.69) is 5.32 Å². The Morgan fingerprint density at radius 3 is 2.30 bits per heavy atom. The molecule has 1 unspecified atom stereocenters. The van der Waals surface area contributed by atoms with Gasteiger partial charge in [-0.2, -0.15) is 0 Å². The Bertz CT molecular complexity index is 587. The number of carbonyl (C=O) groups is 1. The Morgan fingerprint density at radius 2 is 1.70 bits per heavy atom. The Morgan fingerprint density at radius 1 is 1.09 bits per heavy atom. The van der Waals surface area contributed by atoms with E-state index in [4.69, 9.17) is 5.11 Å². The fourth-order valence-corrected chi connectivity index (χ4v) is 2.49. The summed E-state index contributed by atoms with van der Waals surface area (Å²) in [5.41, 5.74) is 2.15. The van der Waals surface area contributed by atoms with Crippen molar-refractivity contribution >= 4 is 6.03 Å². The molecule has 0 spiro atoms. The molecule has 4 nitrogen and oxygen atoms in total. The van der Waals surface area contributed by atoms with E-state index in [0.29, 0.717) is 19.4 Å². The first-order chi connectivity index (χ1) is 11.2. The molecule has 122 valence electrons. The number of benzene rings is 2. The molecule has 0 bridgehead atoms. The van der Waals surface area contributed by atoms with Crippen LogP contribution in [-0.4, -0.2) is 29.7 Å². The van der Waals surface area contributed by atoms with E-state index in [1.54, 1.807) is 11.9 Å². The molecule has 0 aliphatic heterocycles. The van der Waals surface area contributed by atoms with Gasteiger partial charge in [0.15, 0.2) is 0 Å². The van der Waals surface area contributed by atoms with Crippen molar-refractivity contribution in [3.63, 3.8) is 0 Å². The summed E-state index contributed by atoms with van der Waals surface area (Å²) >= 11 is 0. The van der Waals surface area contributed by atoms with E-state index in [-0.39, 0.29) is 18.7 Å². The summed E-state index contributed by atoms with van der Waals surface area (Å²) in [6, 6.07) is 19.6. The van der Waals surface area contributed by atoms with Gasteiger partial charge in [0.05, 0.1) is 6.04 Å².